The van der Waals surface area contributed by atoms with Crippen molar-refractivity contribution in [2.75, 3.05) is 25.6 Å². The van der Waals surface area contributed by atoms with Gasteiger partial charge < -0.3 is 19.6 Å². The minimum Gasteiger partial charge on any atom is -0.495 e. The van der Waals surface area contributed by atoms with Crippen LogP contribution < -0.4 is 14.8 Å². The average Bonchev–Trinajstić information content (AvgIpc) is 2.59. The molecule has 0 radical (unpaired) electrons. The highest BCUT2D eigenvalue weighted by atomic mass is 35.5. The first kappa shape index (κ1) is 18.9. The zero-order valence-electron chi connectivity index (χ0n) is 13.4. The monoisotopic (exact) mass is 382 g/mol. The summed E-state index contributed by atoms with van der Waals surface area (Å²) in [6, 6.07) is 12.0. The van der Waals surface area contributed by atoms with Gasteiger partial charge in [-0.1, -0.05) is 40.5 Å². The molecule has 0 heterocycles. The Hall–Kier alpha value is -2.44. The SMILES string of the molecule is COc1ccc(Cl)cc1NC(=O)C=NOCCOc1ccccc1Cl. The van der Waals surface area contributed by atoms with Gasteiger partial charge in [0.25, 0.3) is 5.91 Å². The first-order valence-electron chi connectivity index (χ1n) is 7.27. The number of oxime groups is 1. The second kappa shape index (κ2) is 9.76. The molecule has 0 saturated carbocycles. The van der Waals surface area contributed by atoms with Crippen LogP contribution >= 0.6 is 23.2 Å². The Bertz CT molecular complexity index is 753. The van der Waals surface area contributed by atoms with Gasteiger partial charge in [-0.05, 0) is 30.3 Å². The summed E-state index contributed by atoms with van der Waals surface area (Å²) in [7, 11) is 1.50. The minimum atomic E-state index is -0.479. The third kappa shape index (κ3) is 6.17. The Morgan fingerprint density at radius 2 is 1.96 bits per heavy atom. The van der Waals surface area contributed by atoms with E-state index in [2.05, 4.69) is 10.5 Å². The number of rotatable bonds is 8. The lowest BCUT2D eigenvalue weighted by Crippen LogP contribution is -2.14. The van der Waals surface area contributed by atoms with E-state index < -0.39 is 5.91 Å². The van der Waals surface area contributed by atoms with Crippen LogP contribution in [0, 0.1) is 0 Å². The van der Waals surface area contributed by atoms with E-state index in [-0.39, 0.29) is 13.2 Å². The van der Waals surface area contributed by atoms with Crippen LogP contribution in [0.15, 0.2) is 47.6 Å². The van der Waals surface area contributed by atoms with Crippen LogP contribution in [-0.4, -0.2) is 32.4 Å². The van der Waals surface area contributed by atoms with E-state index in [0.717, 1.165) is 6.21 Å². The maximum absolute atomic E-state index is 11.8. The molecule has 0 aromatic heterocycles. The smallest absolute Gasteiger partial charge is 0.270 e. The largest absolute Gasteiger partial charge is 0.495 e. The van der Waals surface area contributed by atoms with E-state index in [1.807, 2.05) is 12.1 Å². The second-order valence-corrected chi connectivity index (χ2v) is 5.52. The summed E-state index contributed by atoms with van der Waals surface area (Å²) in [5.41, 5.74) is 0.438. The molecule has 0 saturated heterocycles. The number of benzene rings is 2. The molecule has 0 aliphatic heterocycles. The molecule has 6 nitrogen and oxygen atoms in total. The number of halogens is 2. The minimum absolute atomic E-state index is 0.162. The van der Waals surface area contributed by atoms with Gasteiger partial charge >= 0.3 is 0 Å². The predicted octanol–water partition coefficient (Wildman–Crippen LogP) is 4.02. The van der Waals surface area contributed by atoms with Gasteiger partial charge in [-0.3, -0.25) is 4.79 Å². The topological polar surface area (TPSA) is 69.2 Å². The fourth-order valence-corrected chi connectivity index (χ4v) is 2.19. The highest BCUT2D eigenvalue weighted by Crippen LogP contribution is 2.27. The molecular weight excluding hydrogens is 367 g/mol. The van der Waals surface area contributed by atoms with Gasteiger partial charge in [0.2, 0.25) is 0 Å². The summed E-state index contributed by atoms with van der Waals surface area (Å²) in [5.74, 6) is 0.565. The van der Waals surface area contributed by atoms with Crippen LogP contribution in [0.5, 0.6) is 11.5 Å². The van der Waals surface area contributed by atoms with Crippen molar-refractivity contribution in [1.82, 2.24) is 0 Å². The molecule has 0 atom stereocenters. The van der Waals surface area contributed by atoms with E-state index in [1.54, 1.807) is 30.3 Å². The molecule has 25 heavy (non-hydrogen) atoms. The zero-order valence-corrected chi connectivity index (χ0v) is 14.9. The summed E-state index contributed by atoms with van der Waals surface area (Å²) < 4.78 is 10.6. The van der Waals surface area contributed by atoms with Gasteiger partial charge in [0.15, 0.2) is 6.61 Å². The molecule has 1 amide bonds. The van der Waals surface area contributed by atoms with E-state index in [4.69, 9.17) is 37.5 Å². The van der Waals surface area contributed by atoms with Gasteiger partial charge in [0, 0.05) is 5.02 Å². The van der Waals surface area contributed by atoms with Gasteiger partial charge in [0.1, 0.15) is 24.3 Å². The number of carbonyl (C=O) groups excluding carboxylic acids is 1. The van der Waals surface area contributed by atoms with Crippen LogP contribution in [0.4, 0.5) is 5.69 Å². The van der Waals surface area contributed by atoms with Crippen molar-refractivity contribution in [3.05, 3.63) is 52.5 Å². The molecule has 2 rings (SSSR count). The highest BCUT2D eigenvalue weighted by molar-refractivity contribution is 6.33. The Balaban J connectivity index is 1.74. The number of anilines is 1. The molecule has 132 valence electrons. The Morgan fingerprint density at radius 1 is 1.16 bits per heavy atom. The molecule has 0 unspecified atom stereocenters. The first-order chi connectivity index (χ1) is 12.1. The fraction of sp³-hybridized carbons (Fsp3) is 0.176. The van der Waals surface area contributed by atoms with E-state index >= 15 is 0 Å². The van der Waals surface area contributed by atoms with Gasteiger partial charge in [0.05, 0.1) is 17.8 Å². The normalized spacial score (nSPS) is 10.5. The Labute approximate surface area is 155 Å². The maximum Gasteiger partial charge on any atom is 0.270 e. The summed E-state index contributed by atoms with van der Waals surface area (Å²) in [4.78, 5) is 16.8. The molecule has 0 aliphatic carbocycles. The van der Waals surface area contributed by atoms with E-state index in [1.165, 1.54) is 7.11 Å². The highest BCUT2D eigenvalue weighted by Gasteiger charge is 2.06. The number of amides is 1. The molecule has 0 spiro atoms. The van der Waals surface area contributed by atoms with Crippen molar-refractivity contribution in [3.8, 4) is 11.5 Å². The molecule has 8 heteroatoms. The van der Waals surface area contributed by atoms with Crippen molar-refractivity contribution < 1.29 is 19.1 Å². The number of ether oxygens (including phenoxy) is 2. The predicted molar refractivity (Wildman–Crippen MR) is 98.0 cm³/mol. The van der Waals surface area contributed by atoms with Crippen molar-refractivity contribution >= 4 is 41.0 Å². The summed E-state index contributed by atoms with van der Waals surface area (Å²) in [6.45, 7) is 0.403. The average molecular weight is 383 g/mol. The number of nitrogens with one attached hydrogen (secondary N) is 1. The first-order valence-corrected chi connectivity index (χ1v) is 8.03. The lowest BCUT2D eigenvalue weighted by molar-refractivity contribution is -0.110. The lowest BCUT2D eigenvalue weighted by atomic mass is 10.3. The molecule has 0 aliphatic rings. The van der Waals surface area contributed by atoms with Gasteiger partial charge in [-0.15, -0.1) is 0 Å². The van der Waals surface area contributed by atoms with Crippen molar-refractivity contribution in [2.45, 2.75) is 0 Å². The van der Waals surface area contributed by atoms with Crippen LogP contribution in [0.25, 0.3) is 0 Å². The molecule has 2 aromatic rings. The zero-order chi connectivity index (χ0) is 18.1. The summed E-state index contributed by atoms with van der Waals surface area (Å²) in [6.07, 6.45) is 1.01. The number of para-hydroxylation sites is 1. The second-order valence-electron chi connectivity index (χ2n) is 4.68. The number of hydrogen-bond donors (Lipinski definition) is 1. The lowest BCUT2D eigenvalue weighted by Gasteiger charge is -2.08. The van der Waals surface area contributed by atoms with Crippen LogP contribution in [-0.2, 0) is 9.63 Å². The van der Waals surface area contributed by atoms with Crippen molar-refractivity contribution in [3.63, 3.8) is 0 Å². The quantitative estimate of drug-likeness (QED) is 0.425. The third-order valence-electron chi connectivity index (χ3n) is 2.93. The van der Waals surface area contributed by atoms with Crippen molar-refractivity contribution in [1.29, 1.82) is 0 Å². The number of nitrogens with zero attached hydrogens (tertiary/aromatic N) is 1. The summed E-state index contributed by atoms with van der Waals surface area (Å²) >= 11 is 11.8. The van der Waals surface area contributed by atoms with Crippen LogP contribution in [0.2, 0.25) is 10.0 Å². The number of hydrogen-bond acceptors (Lipinski definition) is 5. The number of carbonyl (C=O) groups is 1. The molecule has 0 bridgehead atoms. The fourth-order valence-electron chi connectivity index (χ4n) is 1.83. The molecule has 1 N–H and O–H groups in total. The number of methoxy groups -OCH3 is 1. The Kier molecular flexibility index (Phi) is 7.37. The molecular formula is C17H16Cl2N2O4. The third-order valence-corrected chi connectivity index (χ3v) is 3.48. The van der Waals surface area contributed by atoms with E-state index in [0.29, 0.717) is 27.2 Å². The van der Waals surface area contributed by atoms with Crippen LogP contribution in [0.1, 0.15) is 0 Å². The maximum atomic E-state index is 11.8. The van der Waals surface area contributed by atoms with Crippen molar-refractivity contribution in [2.24, 2.45) is 5.16 Å². The van der Waals surface area contributed by atoms with Gasteiger partial charge in [-0.25, -0.2) is 0 Å². The summed E-state index contributed by atoms with van der Waals surface area (Å²) in [5, 5.41) is 7.16. The molecule has 0 fully saturated rings. The van der Waals surface area contributed by atoms with Crippen LogP contribution in [0.3, 0.4) is 0 Å². The van der Waals surface area contributed by atoms with E-state index in [9.17, 15) is 4.79 Å². The molecule has 2 aromatic carbocycles. The Morgan fingerprint density at radius 3 is 2.72 bits per heavy atom. The van der Waals surface area contributed by atoms with Gasteiger partial charge in [-0.2, -0.15) is 0 Å². The standard InChI is InChI=1S/C17H16Cl2N2O4/c1-23-16-7-6-12(18)10-14(16)21-17(22)11-20-25-9-8-24-15-5-3-2-4-13(15)19/h2-7,10-11H,8-9H2,1H3,(H,21,22).